The number of nitrogens with one attached hydrogen (secondary N) is 1. The minimum absolute atomic E-state index is 0.0535. The third-order valence-corrected chi connectivity index (χ3v) is 4.31. The average Bonchev–Trinajstić information content (AvgIpc) is 3.25. The summed E-state index contributed by atoms with van der Waals surface area (Å²) in [7, 11) is 0. The summed E-state index contributed by atoms with van der Waals surface area (Å²) in [5.74, 6) is 1.44. The number of hydrogen-bond donors (Lipinski definition) is 1. The Bertz CT molecular complexity index is 855. The fourth-order valence-corrected chi connectivity index (χ4v) is 2.97. The van der Waals surface area contributed by atoms with Gasteiger partial charge in [0.1, 0.15) is 11.5 Å². The van der Waals surface area contributed by atoms with E-state index in [1.807, 2.05) is 44.5 Å². The third kappa shape index (κ3) is 3.50. The number of aryl methyl sites for hydroxylation is 3. The average molecular weight is 342 g/mol. The summed E-state index contributed by atoms with van der Waals surface area (Å²) in [5, 5.41) is 11.3. The van der Waals surface area contributed by atoms with E-state index in [0.717, 1.165) is 34.0 Å². The summed E-state index contributed by atoms with van der Waals surface area (Å²) in [6.07, 6.45) is 1.93. The molecular formula is C18H22N4O3. The van der Waals surface area contributed by atoms with Crippen LogP contribution >= 0.6 is 0 Å². The standard InChI is InChI=1S/C18H22N4O3/c1-11-15(14(4)25-21-11)10-17(23)19-7-8-22-13(3)18(12(2)20-22)16-6-5-9-24-16/h5-6,9H,7-8,10H2,1-4H3,(H,19,23). The molecule has 0 spiro atoms. The topological polar surface area (TPSA) is 86.1 Å². The first kappa shape index (κ1) is 17.0. The predicted octanol–water partition coefficient (Wildman–Crippen LogP) is 2.72. The summed E-state index contributed by atoms with van der Waals surface area (Å²) >= 11 is 0. The van der Waals surface area contributed by atoms with Gasteiger partial charge in [-0.15, -0.1) is 0 Å². The highest BCUT2D eigenvalue weighted by Crippen LogP contribution is 2.27. The minimum atomic E-state index is -0.0535. The largest absolute Gasteiger partial charge is 0.464 e. The summed E-state index contributed by atoms with van der Waals surface area (Å²) < 4.78 is 12.5. The van der Waals surface area contributed by atoms with Crippen molar-refractivity contribution in [2.45, 2.75) is 40.7 Å². The summed E-state index contributed by atoms with van der Waals surface area (Å²) in [5.41, 5.74) is 4.55. The van der Waals surface area contributed by atoms with Crippen molar-refractivity contribution in [3.63, 3.8) is 0 Å². The van der Waals surface area contributed by atoms with Crippen molar-refractivity contribution in [3.8, 4) is 11.3 Å². The highest BCUT2D eigenvalue weighted by atomic mass is 16.5. The number of nitrogens with zero attached hydrogens (tertiary/aromatic N) is 3. The number of amides is 1. The fourth-order valence-electron chi connectivity index (χ4n) is 2.97. The highest BCUT2D eigenvalue weighted by molar-refractivity contribution is 5.78. The van der Waals surface area contributed by atoms with Crippen LogP contribution < -0.4 is 5.32 Å². The second-order valence-electron chi connectivity index (χ2n) is 6.08. The Morgan fingerprint density at radius 2 is 2.04 bits per heavy atom. The lowest BCUT2D eigenvalue weighted by Gasteiger charge is -2.07. The molecule has 0 fully saturated rings. The van der Waals surface area contributed by atoms with Crippen LogP contribution in [0.4, 0.5) is 0 Å². The molecule has 0 unspecified atom stereocenters. The normalized spacial score (nSPS) is 11.0. The molecule has 3 aromatic heterocycles. The summed E-state index contributed by atoms with van der Waals surface area (Å²) in [6, 6.07) is 3.78. The minimum Gasteiger partial charge on any atom is -0.464 e. The molecule has 7 nitrogen and oxygen atoms in total. The van der Waals surface area contributed by atoms with Crippen LogP contribution in [-0.2, 0) is 17.8 Å². The lowest BCUT2D eigenvalue weighted by atomic mass is 10.1. The number of rotatable bonds is 6. The molecule has 0 bridgehead atoms. The first-order valence-corrected chi connectivity index (χ1v) is 8.23. The molecule has 1 amide bonds. The van der Waals surface area contributed by atoms with E-state index in [-0.39, 0.29) is 12.3 Å². The number of aromatic nitrogens is 3. The number of carbonyl (C=O) groups excluding carboxylic acids is 1. The van der Waals surface area contributed by atoms with E-state index in [9.17, 15) is 4.79 Å². The van der Waals surface area contributed by atoms with Crippen molar-refractivity contribution in [2.24, 2.45) is 0 Å². The first-order chi connectivity index (χ1) is 12.0. The molecule has 3 aromatic rings. The third-order valence-electron chi connectivity index (χ3n) is 4.31. The maximum absolute atomic E-state index is 12.1. The monoisotopic (exact) mass is 342 g/mol. The van der Waals surface area contributed by atoms with Gasteiger partial charge in [-0.2, -0.15) is 5.10 Å². The first-order valence-electron chi connectivity index (χ1n) is 8.23. The second-order valence-corrected chi connectivity index (χ2v) is 6.08. The molecule has 0 aromatic carbocycles. The van der Waals surface area contributed by atoms with Crippen molar-refractivity contribution in [2.75, 3.05) is 6.54 Å². The van der Waals surface area contributed by atoms with E-state index in [4.69, 9.17) is 8.94 Å². The Balaban J connectivity index is 1.59. The predicted molar refractivity (Wildman–Crippen MR) is 92.1 cm³/mol. The molecule has 0 saturated carbocycles. The van der Waals surface area contributed by atoms with Crippen molar-refractivity contribution in [1.29, 1.82) is 0 Å². The van der Waals surface area contributed by atoms with Gasteiger partial charge in [0.2, 0.25) is 5.91 Å². The van der Waals surface area contributed by atoms with Crippen LogP contribution in [0.2, 0.25) is 0 Å². The molecule has 0 atom stereocenters. The van der Waals surface area contributed by atoms with Crippen LogP contribution in [0.15, 0.2) is 27.3 Å². The van der Waals surface area contributed by atoms with E-state index in [1.54, 1.807) is 6.26 Å². The van der Waals surface area contributed by atoms with Crippen LogP contribution in [0.5, 0.6) is 0 Å². The van der Waals surface area contributed by atoms with Gasteiger partial charge in [-0.05, 0) is 39.8 Å². The van der Waals surface area contributed by atoms with E-state index in [0.29, 0.717) is 18.8 Å². The van der Waals surface area contributed by atoms with Crippen molar-refractivity contribution in [3.05, 3.63) is 46.8 Å². The zero-order chi connectivity index (χ0) is 18.0. The Hall–Kier alpha value is -2.83. The number of furan rings is 1. The summed E-state index contributed by atoms with van der Waals surface area (Å²) in [6.45, 7) is 8.71. The molecule has 7 heteroatoms. The van der Waals surface area contributed by atoms with Crippen LogP contribution in [0.25, 0.3) is 11.3 Å². The van der Waals surface area contributed by atoms with E-state index < -0.39 is 0 Å². The Morgan fingerprint density at radius 3 is 2.68 bits per heavy atom. The van der Waals surface area contributed by atoms with Crippen LogP contribution in [-0.4, -0.2) is 27.4 Å². The molecule has 3 rings (SSSR count). The Kier molecular flexibility index (Phi) is 4.74. The van der Waals surface area contributed by atoms with Crippen molar-refractivity contribution in [1.82, 2.24) is 20.3 Å². The maximum Gasteiger partial charge on any atom is 0.224 e. The van der Waals surface area contributed by atoms with Crippen molar-refractivity contribution < 1.29 is 13.7 Å². The zero-order valence-electron chi connectivity index (χ0n) is 14.9. The molecule has 0 aliphatic rings. The lowest BCUT2D eigenvalue weighted by Crippen LogP contribution is -2.29. The number of carbonyl (C=O) groups is 1. The lowest BCUT2D eigenvalue weighted by molar-refractivity contribution is -0.120. The SMILES string of the molecule is Cc1noc(C)c1CC(=O)NCCn1nc(C)c(-c2ccco2)c1C. The van der Waals surface area contributed by atoms with Crippen LogP contribution in [0.3, 0.4) is 0 Å². The fraction of sp³-hybridized carbons (Fsp3) is 0.389. The van der Waals surface area contributed by atoms with Gasteiger partial charge < -0.3 is 14.3 Å². The van der Waals surface area contributed by atoms with E-state index >= 15 is 0 Å². The molecule has 0 aliphatic heterocycles. The maximum atomic E-state index is 12.1. The molecule has 3 heterocycles. The highest BCUT2D eigenvalue weighted by Gasteiger charge is 2.16. The molecule has 1 N–H and O–H groups in total. The van der Waals surface area contributed by atoms with Gasteiger partial charge >= 0.3 is 0 Å². The molecule has 132 valence electrons. The van der Waals surface area contributed by atoms with Gasteiger partial charge in [0.25, 0.3) is 0 Å². The molecule has 0 saturated heterocycles. The van der Waals surface area contributed by atoms with Gasteiger partial charge in [0.15, 0.2) is 0 Å². The number of hydrogen-bond acceptors (Lipinski definition) is 5. The Morgan fingerprint density at radius 1 is 1.24 bits per heavy atom. The van der Waals surface area contributed by atoms with Gasteiger partial charge in [-0.1, -0.05) is 5.16 Å². The smallest absolute Gasteiger partial charge is 0.224 e. The van der Waals surface area contributed by atoms with E-state index in [2.05, 4.69) is 15.6 Å². The van der Waals surface area contributed by atoms with E-state index in [1.165, 1.54) is 0 Å². The van der Waals surface area contributed by atoms with Crippen LogP contribution in [0, 0.1) is 27.7 Å². The summed E-state index contributed by atoms with van der Waals surface area (Å²) in [4.78, 5) is 12.1. The molecule has 0 aliphatic carbocycles. The quantitative estimate of drug-likeness (QED) is 0.744. The molecular weight excluding hydrogens is 320 g/mol. The Labute approximate surface area is 146 Å². The van der Waals surface area contributed by atoms with Gasteiger partial charge in [0, 0.05) is 17.8 Å². The van der Waals surface area contributed by atoms with Crippen molar-refractivity contribution >= 4 is 5.91 Å². The molecule has 0 radical (unpaired) electrons. The molecule has 25 heavy (non-hydrogen) atoms. The van der Waals surface area contributed by atoms with Gasteiger partial charge in [-0.25, -0.2) is 0 Å². The zero-order valence-corrected chi connectivity index (χ0v) is 14.9. The van der Waals surface area contributed by atoms with Gasteiger partial charge in [-0.3, -0.25) is 9.48 Å². The second kappa shape index (κ2) is 6.96. The van der Waals surface area contributed by atoms with Gasteiger partial charge in [0.05, 0.1) is 36.2 Å². The van der Waals surface area contributed by atoms with Crippen LogP contribution in [0.1, 0.15) is 28.4 Å².